The number of hydrogen-bond acceptors (Lipinski definition) is 4. The second-order valence-electron chi connectivity index (χ2n) is 3.73. The van der Waals surface area contributed by atoms with Crippen LogP contribution >= 0.6 is 0 Å². The van der Waals surface area contributed by atoms with Gasteiger partial charge in [0.1, 0.15) is 5.70 Å². The maximum absolute atomic E-state index is 11.3. The minimum Gasteiger partial charge on any atom is -0.303 e. The van der Waals surface area contributed by atoms with Gasteiger partial charge >= 0.3 is 6.03 Å². The van der Waals surface area contributed by atoms with Crippen LogP contribution in [0.3, 0.4) is 0 Å². The highest BCUT2D eigenvalue weighted by Crippen LogP contribution is 2.24. The molecular weight excluding hydrogens is 238 g/mol. The van der Waals surface area contributed by atoms with Crippen molar-refractivity contribution in [3.8, 4) is 0 Å². The maximum Gasteiger partial charge on any atom is 0.326 e. The molecule has 0 aliphatic carbocycles. The normalized spacial score (nSPS) is 16.6. The first-order valence-electron chi connectivity index (χ1n) is 5.07. The third-order valence-electron chi connectivity index (χ3n) is 2.51. The Kier molecular flexibility index (Phi) is 2.80. The van der Waals surface area contributed by atoms with Gasteiger partial charge in [0.15, 0.2) is 0 Å². The van der Waals surface area contributed by atoms with E-state index in [2.05, 4.69) is 5.32 Å². The molecule has 2 rings (SSSR count). The Hall–Kier alpha value is -2.70. The molecule has 1 aliphatic rings. The minimum atomic E-state index is -0.637. The summed E-state index contributed by atoms with van der Waals surface area (Å²) >= 11 is 0. The monoisotopic (exact) mass is 247 g/mol. The molecule has 0 radical (unpaired) electrons. The van der Waals surface area contributed by atoms with Crippen LogP contribution in [0.4, 0.5) is 10.5 Å². The molecule has 2 N–H and O–H groups in total. The third-order valence-corrected chi connectivity index (χ3v) is 2.51. The molecular formula is C11H9N3O4. The first-order valence-corrected chi connectivity index (χ1v) is 5.07. The van der Waals surface area contributed by atoms with Gasteiger partial charge in [-0.3, -0.25) is 20.2 Å². The first-order chi connectivity index (χ1) is 8.49. The fourth-order valence-corrected chi connectivity index (χ4v) is 1.64. The highest BCUT2D eigenvalue weighted by Gasteiger charge is 2.24. The molecule has 0 bridgehead atoms. The van der Waals surface area contributed by atoms with Gasteiger partial charge in [-0.1, -0.05) is 12.1 Å². The van der Waals surface area contributed by atoms with E-state index >= 15 is 0 Å². The summed E-state index contributed by atoms with van der Waals surface area (Å²) < 4.78 is 0. The Labute approximate surface area is 102 Å². The lowest BCUT2D eigenvalue weighted by atomic mass is 10.1. The summed E-state index contributed by atoms with van der Waals surface area (Å²) in [5, 5.41) is 15.2. The molecule has 0 atom stereocenters. The largest absolute Gasteiger partial charge is 0.326 e. The van der Waals surface area contributed by atoms with Crippen LogP contribution in [0.15, 0.2) is 23.9 Å². The zero-order chi connectivity index (χ0) is 13.3. The second kappa shape index (κ2) is 4.28. The predicted molar refractivity (Wildman–Crippen MR) is 62.5 cm³/mol. The van der Waals surface area contributed by atoms with Crippen molar-refractivity contribution in [2.75, 3.05) is 0 Å². The summed E-state index contributed by atoms with van der Waals surface area (Å²) in [4.78, 5) is 32.6. The average molecular weight is 247 g/mol. The van der Waals surface area contributed by atoms with E-state index in [-0.39, 0.29) is 11.4 Å². The molecule has 7 heteroatoms. The number of amides is 3. The zero-order valence-corrected chi connectivity index (χ0v) is 9.39. The van der Waals surface area contributed by atoms with E-state index in [1.54, 1.807) is 19.1 Å². The molecule has 18 heavy (non-hydrogen) atoms. The zero-order valence-electron chi connectivity index (χ0n) is 9.39. The number of urea groups is 1. The van der Waals surface area contributed by atoms with Crippen molar-refractivity contribution in [3.05, 3.63) is 45.1 Å². The highest BCUT2D eigenvalue weighted by molar-refractivity contribution is 6.14. The fourth-order valence-electron chi connectivity index (χ4n) is 1.64. The van der Waals surface area contributed by atoms with E-state index in [1.165, 1.54) is 12.1 Å². The number of nitrogens with zero attached hydrogens (tertiary/aromatic N) is 1. The lowest BCUT2D eigenvalue weighted by Gasteiger charge is -2.02. The molecule has 92 valence electrons. The number of carbonyl (C=O) groups excluding carboxylic acids is 2. The quantitative estimate of drug-likeness (QED) is 0.353. The molecule has 1 saturated heterocycles. The van der Waals surface area contributed by atoms with Crippen molar-refractivity contribution in [2.24, 2.45) is 0 Å². The number of benzene rings is 1. The summed E-state index contributed by atoms with van der Waals surface area (Å²) in [7, 11) is 0. The molecule has 0 spiro atoms. The van der Waals surface area contributed by atoms with Crippen LogP contribution in [0.5, 0.6) is 0 Å². The van der Waals surface area contributed by atoms with E-state index < -0.39 is 16.9 Å². The molecule has 1 fully saturated rings. The summed E-state index contributed by atoms with van der Waals surface area (Å²) in [6.07, 6.45) is 1.30. The fraction of sp³-hybridized carbons (Fsp3) is 0.0909. The van der Waals surface area contributed by atoms with Crippen LogP contribution in [0.25, 0.3) is 6.08 Å². The second-order valence-corrected chi connectivity index (χ2v) is 3.73. The first kappa shape index (κ1) is 11.8. The van der Waals surface area contributed by atoms with E-state index in [0.29, 0.717) is 11.1 Å². The van der Waals surface area contributed by atoms with Gasteiger partial charge in [-0.2, -0.15) is 0 Å². The van der Waals surface area contributed by atoms with Gasteiger partial charge < -0.3 is 5.32 Å². The molecule has 0 saturated carbocycles. The highest BCUT2D eigenvalue weighted by atomic mass is 16.6. The molecule has 3 amide bonds. The van der Waals surface area contributed by atoms with Crippen LogP contribution in [0.1, 0.15) is 11.1 Å². The minimum absolute atomic E-state index is 0.00241. The topological polar surface area (TPSA) is 101 Å². The number of aryl methyl sites for hydroxylation is 1. The number of hydrogen-bond donors (Lipinski definition) is 2. The van der Waals surface area contributed by atoms with Crippen molar-refractivity contribution in [1.29, 1.82) is 0 Å². The predicted octanol–water partition coefficient (Wildman–Crippen LogP) is 1.08. The van der Waals surface area contributed by atoms with Crippen molar-refractivity contribution in [2.45, 2.75) is 6.92 Å². The Morgan fingerprint density at radius 1 is 1.28 bits per heavy atom. The summed E-state index contributed by atoms with van der Waals surface area (Å²) in [5.41, 5.74) is 0.828. The molecule has 0 aromatic heterocycles. The number of carbonyl (C=O) groups is 2. The molecule has 1 aromatic carbocycles. The summed E-state index contributed by atoms with van der Waals surface area (Å²) in [6.45, 7) is 1.69. The summed E-state index contributed by atoms with van der Waals surface area (Å²) in [6, 6.07) is 3.95. The number of nitrogens with one attached hydrogen (secondary N) is 2. The van der Waals surface area contributed by atoms with Crippen LogP contribution in [0, 0.1) is 17.0 Å². The van der Waals surface area contributed by atoms with Crippen molar-refractivity contribution in [3.63, 3.8) is 0 Å². The van der Waals surface area contributed by atoms with E-state index in [9.17, 15) is 19.7 Å². The third kappa shape index (κ3) is 2.05. The Balaban J connectivity index is 2.52. The van der Waals surface area contributed by atoms with Crippen LogP contribution in [-0.2, 0) is 4.79 Å². The SMILES string of the molecule is Cc1cccc([N+](=O)[O-])c1C=C1NC(=O)NC1=O. The van der Waals surface area contributed by atoms with E-state index in [0.717, 1.165) is 0 Å². The van der Waals surface area contributed by atoms with E-state index in [1.807, 2.05) is 5.32 Å². The Morgan fingerprint density at radius 2 is 2.00 bits per heavy atom. The van der Waals surface area contributed by atoms with Gasteiger partial charge in [0.2, 0.25) is 0 Å². The average Bonchev–Trinajstić information content (AvgIpc) is 2.60. The van der Waals surface area contributed by atoms with Gasteiger partial charge in [-0.15, -0.1) is 0 Å². The van der Waals surface area contributed by atoms with Gasteiger partial charge in [0.05, 0.1) is 10.5 Å². The number of nitro benzene ring substituents is 1. The van der Waals surface area contributed by atoms with Crippen LogP contribution in [0.2, 0.25) is 0 Å². The lowest BCUT2D eigenvalue weighted by molar-refractivity contribution is -0.385. The van der Waals surface area contributed by atoms with Crippen LogP contribution in [-0.4, -0.2) is 16.9 Å². The molecule has 7 nitrogen and oxygen atoms in total. The number of rotatable bonds is 2. The number of imide groups is 1. The smallest absolute Gasteiger partial charge is 0.303 e. The van der Waals surface area contributed by atoms with E-state index in [4.69, 9.17) is 0 Å². The maximum atomic E-state index is 11.3. The van der Waals surface area contributed by atoms with Gasteiger partial charge in [0, 0.05) is 6.07 Å². The lowest BCUT2D eigenvalue weighted by Crippen LogP contribution is -2.22. The molecule has 1 aliphatic heterocycles. The van der Waals surface area contributed by atoms with Crippen molar-refractivity contribution in [1.82, 2.24) is 10.6 Å². The Bertz CT molecular complexity index is 592. The van der Waals surface area contributed by atoms with Gasteiger partial charge in [0.25, 0.3) is 11.6 Å². The standard InChI is InChI=1S/C11H9N3O4/c1-6-3-2-4-9(14(17)18)7(6)5-8-10(15)13-11(16)12-8/h2-5H,1H3,(H2,12,13,15,16). The molecule has 1 heterocycles. The van der Waals surface area contributed by atoms with Crippen molar-refractivity contribution < 1.29 is 14.5 Å². The van der Waals surface area contributed by atoms with Crippen LogP contribution < -0.4 is 10.6 Å². The molecule has 0 unspecified atom stereocenters. The molecule has 1 aromatic rings. The Morgan fingerprint density at radius 3 is 2.56 bits per heavy atom. The number of nitro groups is 1. The van der Waals surface area contributed by atoms with Gasteiger partial charge in [-0.05, 0) is 18.6 Å². The summed E-state index contributed by atoms with van der Waals surface area (Å²) in [5.74, 6) is -0.599. The van der Waals surface area contributed by atoms with Gasteiger partial charge in [-0.25, -0.2) is 4.79 Å². The van der Waals surface area contributed by atoms with Crippen molar-refractivity contribution >= 4 is 23.7 Å².